The molecular weight excluding hydrogens is 411 g/mol. The van der Waals surface area contributed by atoms with Gasteiger partial charge in [0, 0.05) is 11.1 Å². The third-order valence-electron chi connectivity index (χ3n) is 6.70. The molecule has 1 aromatic rings. The van der Waals surface area contributed by atoms with Gasteiger partial charge in [-0.15, -0.1) is 0 Å². The van der Waals surface area contributed by atoms with Crippen molar-refractivity contribution >= 4 is 23.2 Å². The third-order valence-corrected chi connectivity index (χ3v) is 7.08. The van der Waals surface area contributed by atoms with Crippen LogP contribution in [0.25, 0.3) is 0 Å². The van der Waals surface area contributed by atoms with Crippen molar-refractivity contribution in [3.8, 4) is 0 Å². The van der Waals surface area contributed by atoms with Gasteiger partial charge in [0.1, 0.15) is 0 Å². The zero-order chi connectivity index (χ0) is 20.4. The first-order valence-corrected chi connectivity index (χ1v) is 10.9. The van der Waals surface area contributed by atoms with E-state index in [4.69, 9.17) is 11.6 Å². The van der Waals surface area contributed by atoms with Gasteiger partial charge in [-0.2, -0.15) is 17.6 Å². The van der Waals surface area contributed by atoms with E-state index in [0.29, 0.717) is 11.8 Å². The van der Waals surface area contributed by atoms with Gasteiger partial charge >= 0.3 is 11.3 Å². The third kappa shape index (κ3) is 4.87. The molecule has 2 saturated carbocycles. The summed E-state index contributed by atoms with van der Waals surface area (Å²) >= 11 is 10.3. The Hall–Kier alpha value is -0.740. The maximum absolute atomic E-state index is 13.7. The molecule has 0 atom stereocenters. The van der Waals surface area contributed by atoms with E-state index in [1.54, 1.807) is 17.7 Å². The molecule has 2 fully saturated rings. The van der Waals surface area contributed by atoms with Crippen LogP contribution in [0.4, 0.5) is 17.6 Å². The van der Waals surface area contributed by atoms with E-state index < -0.39 is 16.9 Å². The topological polar surface area (TPSA) is 0 Å². The molecule has 6 heteroatoms. The molecule has 0 bridgehead atoms. The number of rotatable bonds is 5. The Labute approximate surface area is 174 Å². The first-order valence-electron chi connectivity index (χ1n) is 10.0. The molecule has 28 heavy (non-hydrogen) atoms. The summed E-state index contributed by atoms with van der Waals surface area (Å²) in [5.74, 6) is -1.95. The first kappa shape index (κ1) is 22.0. The van der Waals surface area contributed by atoms with Gasteiger partial charge in [0.25, 0.3) is 0 Å². The summed E-state index contributed by atoms with van der Waals surface area (Å²) in [6.45, 7) is 0. The molecule has 2 aliphatic rings. The lowest BCUT2D eigenvalue weighted by Crippen LogP contribution is -2.32. The molecule has 0 N–H and O–H groups in total. The lowest BCUT2D eigenvalue weighted by atomic mass is 9.68. The Morgan fingerprint density at radius 2 is 1.29 bits per heavy atom. The summed E-state index contributed by atoms with van der Waals surface area (Å²) in [5, 5.41) is -4.59. The van der Waals surface area contributed by atoms with E-state index in [9.17, 15) is 17.6 Å². The van der Waals surface area contributed by atoms with Crippen molar-refractivity contribution in [1.29, 1.82) is 0 Å². The van der Waals surface area contributed by atoms with Crippen LogP contribution in [-0.4, -0.2) is 5.38 Å². The van der Waals surface area contributed by atoms with E-state index in [-0.39, 0.29) is 0 Å². The number of allylic oxidation sites excluding steroid dienone is 1. The molecule has 0 nitrogen and oxygen atoms in total. The highest BCUT2D eigenvalue weighted by molar-refractivity contribution is 6.25. The summed E-state index contributed by atoms with van der Waals surface area (Å²) in [7, 11) is 0. The first-order chi connectivity index (χ1) is 13.2. The fraction of sp³-hybridized carbons (Fsp3) is 0.636. The zero-order valence-electron chi connectivity index (χ0n) is 15.7. The number of hydrogen-bond donors (Lipinski definition) is 0. The molecule has 0 amide bonds. The Kier molecular flexibility index (Phi) is 7.02. The molecule has 0 heterocycles. The minimum absolute atomic E-state index is 0.311. The van der Waals surface area contributed by atoms with Crippen LogP contribution >= 0.6 is 23.2 Å². The fourth-order valence-corrected chi connectivity index (χ4v) is 5.28. The van der Waals surface area contributed by atoms with E-state index in [0.717, 1.165) is 55.2 Å². The minimum Gasteiger partial charge on any atom is -0.193 e. The van der Waals surface area contributed by atoms with E-state index >= 15 is 0 Å². The van der Waals surface area contributed by atoms with E-state index in [1.807, 2.05) is 0 Å². The van der Waals surface area contributed by atoms with Gasteiger partial charge in [0.2, 0.25) is 0 Å². The van der Waals surface area contributed by atoms with Crippen molar-refractivity contribution in [3.05, 3.63) is 47.0 Å². The second-order valence-corrected chi connectivity index (χ2v) is 9.03. The lowest BCUT2D eigenvalue weighted by Gasteiger charge is -2.37. The number of alkyl halides is 5. The Morgan fingerprint density at radius 3 is 1.75 bits per heavy atom. The van der Waals surface area contributed by atoms with Crippen LogP contribution in [0.1, 0.15) is 68.4 Å². The van der Waals surface area contributed by atoms with Crippen molar-refractivity contribution < 1.29 is 17.6 Å². The standard InChI is InChI=1S/C22H26Cl2F4/c23-14-13-15-1-3-16(4-2-15)17-5-7-18(8-6-17)19-9-11-20(12-10-19)21(25,26)22(24,27)28/h9-18H,1-8H2. The van der Waals surface area contributed by atoms with Crippen LogP contribution in [0.15, 0.2) is 35.9 Å². The molecule has 0 radical (unpaired) electrons. The number of hydrogen-bond acceptors (Lipinski definition) is 0. The highest BCUT2D eigenvalue weighted by Crippen LogP contribution is 2.47. The summed E-state index contributed by atoms with van der Waals surface area (Å²) in [5.41, 5.74) is 1.84. The Morgan fingerprint density at radius 1 is 0.786 bits per heavy atom. The zero-order valence-corrected chi connectivity index (χ0v) is 17.2. The van der Waals surface area contributed by atoms with Crippen LogP contribution in [0, 0.1) is 17.8 Å². The average Bonchev–Trinajstić information content (AvgIpc) is 2.68. The van der Waals surface area contributed by atoms with Crippen LogP contribution in [0.3, 0.4) is 0 Å². The second kappa shape index (κ2) is 8.95. The molecule has 156 valence electrons. The van der Waals surface area contributed by atoms with Crippen molar-refractivity contribution in [2.45, 2.75) is 68.6 Å². The van der Waals surface area contributed by atoms with Gasteiger partial charge in [0.05, 0.1) is 0 Å². The Bertz CT molecular complexity index is 650. The van der Waals surface area contributed by atoms with E-state index in [2.05, 4.69) is 17.7 Å². The lowest BCUT2D eigenvalue weighted by molar-refractivity contribution is -0.164. The minimum atomic E-state index is -4.59. The van der Waals surface area contributed by atoms with Crippen molar-refractivity contribution in [3.63, 3.8) is 0 Å². The molecule has 1 aromatic carbocycles. The molecule has 0 saturated heterocycles. The number of halogens is 6. The molecule has 0 aromatic heterocycles. The van der Waals surface area contributed by atoms with Gasteiger partial charge in [-0.25, -0.2) is 0 Å². The maximum Gasteiger partial charge on any atom is 0.388 e. The van der Waals surface area contributed by atoms with Crippen molar-refractivity contribution in [1.82, 2.24) is 0 Å². The maximum atomic E-state index is 13.7. The molecule has 0 spiro atoms. The highest BCUT2D eigenvalue weighted by atomic mass is 35.5. The number of benzene rings is 1. The highest BCUT2D eigenvalue weighted by Gasteiger charge is 2.56. The largest absolute Gasteiger partial charge is 0.388 e. The van der Waals surface area contributed by atoms with Gasteiger partial charge < -0.3 is 0 Å². The summed E-state index contributed by atoms with van der Waals surface area (Å²) in [6.07, 6.45) is 11.3. The quantitative estimate of drug-likeness (QED) is 0.320. The van der Waals surface area contributed by atoms with E-state index in [1.165, 1.54) is 25.7 Å². The molecule has 3 rings (SSSR count). The smallest absolute Gasteiger partial charge is 0.193 e. The predicted molar refractivity (Wildman–Crippen MR) is 106 cm³/mol. The molecular formula is C22H26Cl2F4. The summed E-state index contributed by atoms with van der Waals surface area (Å²) < 4.78 is 53.2. The van der Waals surface area contributed by atoms with Crippen LogP contribution < -0.4 is 0 Å². The fourth-order valence-electron chi connectivity index (χ4n) is 4.96. The van der Waals surface area contributed by atoms with Crippen LogP contribution in [0.2, 0.25) is 0 Å². The second-order valence-electron chi connectivity index (χ2n) is 8.30. The predicted octanol–water partition coefficient (Wildman–Crippen LogP) is 8.44. The summed E-state index contributed by atoms with van der Waals surface area (Å²) in [6, 6.07) is 5.29. The monoisotopic (exact) mass is 436 g/mol. The SMILES string of the molecule is FC(F)(Cl)C(F)(F)c1ccc(C2CCC(C3CCC(C=CCl)CC3)CC2)cc1. The van der Waals surface area contributed by atoms with Gasteiger partial charge in [-0.05, 0) is 92.2 Å². The summed E-state index contributed by atoms with van der Waals surface area (Å²) in [4.78, 5) is 0. The normalized spacial score (nSPS) is 29.9. The molecule has 2 aliphatic carbocycles. The van der Waals surface area contributed by atoms with Gasteiger partial charge in [0.15, 0.2) is 0 Å². The average molecular weight is 437 g/mol. The van der Waals surface area contributed by atoms with Gasteiger partial charge in [-0.3, -0.25) is 0 Å². The molecule has 0 unspecified atom stereocenters. The Balaban J connectivity index is 1.54. The molecule has 0 aliphatic heterocycles. The van der Waals surface area contributed by atoms with Gasteiger partial charge in [-0.1, -0.05) is 41.9 Å². The van der Waals surface area contributed by atoms with Crippen molar-refractivity contribution in [2.75, 3.05) is 0 Å². The van der Waals surface area contributed by atoms with Crippen LogP contribution in [0.5, 0.6) is 0 Å². The van der Waals surface area contributed by atoms with Crippen LogP contribution in [-0.2, 0) is 5.92 Å². The van der Waals surface area contributed by atoms with Crippen molar-refractivity contribution in [2.24, 2.45) is 17.8 Å².